The van der Waals surface area contributed by atoms with Crippen LogP contribution in [0.15, 0.2) is 18.3 Å². The lowest BCUT2D eigenvalue weighted by atomic mass is 10.2. The molecule has 2 rings (SSSR count). The molecule has 2 heterocycles. The number of nitrogens with one attached hydrogen (secondary N) is 2. The maximum absolute atomic E-state index is 11.7. The second kappa shape index (κ2) is 5.76. The maximum Gasteiger partial charge on any atom is 0.313 e. The van der Waals surface area contributed by atoms with Crippen LogP contribution in [0.25, 0.3) is 0 Å². The molecule has 0 aliphatic carbocycles. The van der Waals surface area contributed by atoms with Gasteiger partial charge in [0.05, 0.1) is 17.2 Å². The van der Waals surface area contributed by atoms with E-state index in [0.717, 1.165) is 0 Å². The molecule has 0 saturated carbocycles. The molecule has 1 atom stereocenters. The number of hydrogen-bond acceptors (Lipinski definition) is 5. The van der Waals surface area contributed by atoms with Gasteiger partial charge in [-0.3, -0.25) is 9.59 Å². The summed E-state index contributed by atoms with van der Waals surface area (Å²) in [4.78, 5) is 27.1. The molecule has 1 aromatic rings. The van der Waals surface area contributed by atoms with Gasteiger partial charge in [-0.25, -0.2) is 13.4 Å². The van der Waals surface area contributed by atoms with Gasteiger partial charge in [-0.1, -0.05) is 11.6 Å². The molecule has 0 spiro atoms. The van der Waals surface area contributed by atoms with E-state index < -0.39 is 27.7 Å². The zero-order chi connectivity index (χ0) is 14.8. The van der Waals surface area contributed by atoms with Gasteiger partial charge in [0.2, 0.25) is 0 Å². The lowest BCUT2D eigenvalue weighted by Gasteiger charge is -2.11. The van der Waals surface area contributed by atoms with Crippen LogP contribution in [-0.2, 0) is 19.4 Å². The van der Waals surface area contributed by atoms with Gasteiger partial charge in [-0.05, 0) is 18.6 Å². The number of amides is 2. The summed E-state index contributed by atoms with van der Waals surface area (Å²) in [6.07, 6.45) is 1.76. The largest absolute Gasteiger partial charge is 0.344 e. The Labute approximate surface area is 120 Å². The van der Waals surface area contributed by atoms with E-state index in [4.69, 9.17) is 11.6 Å². The lowest BCUT2D eigenvalue weighted by molar-refractivity contribution is -0.136. The van der Waals surface area contributed by atoms with Crippen LogP contribution in [0.1, 0.15) is 6.42 Å². The normalized spacial score (nSPS) is 20.4. The van der Waals surface area contributed by atoms with Gasteiger partial charge in [0.1, 0.15) is 0 Å². The number of halogens is 1. The smallest absolute Gasteiger partial charge is 0.313 e. The van der Waals surface area contributed by atoms with Crippen LogP contribution in [0.2, 0.25) is 5.15 Å². The van der Waals surface area contributed by atoms with Crippen molar-refractivity contribution in [2.45, 2.75) is 12.5 Å². The van der Waals surface area contributed by atoms with Crippen LogP contribution >= 0.6 is 11.6 Å². The molecular formula is C11H12ClN3O4S. The van der Waals surface area contributed by atoms with Crippen molar-refractivity contribution < 1.29 is 18.0 Å². The number of anilines is 1. The van der Waals surface area contributed by atoms with Gasteiger partial charge >= 0.3 is 11.8 Å². The third-order valence-corrected chi connectivity index (χ3v) is 4.85. The predicted molar refractivity (Wildman–Crippen MR) is 73.1 cm³/mol. The summed E-state index contributed by atoms with van der Waals surface area (Å²) in [7, 11) is -3.11. The van der Waals surface area contributed by atoms with Crippen LogP contribution < -0.4 is 10.6 Å². The predicted octanol–water partition coefficient (Wildman–Crippen LogP) is -0.0232. The monoisotopic (exact) mass is 317 g/mol. The number of sulfone groups is 1. The van der Waals surface area contributed by atoms with E-state index in [1.807, 2.05) is 0 Å². The molecule has 1 saturated heterocycles. The summed E-state index contributed by atoms with van der Waals surface area (Å²) in [6.45, 7) is 0. The van der Waals surface area contributed by atoms with Crippen molar-refractivity contribution in [1.29, 1.82) is 0 Å². The number of rotatable bonds is 2. The molecule has 2 N–H and O–H groups in total. The SMILES string of the molecule is O=C(Nc1cccnc1Cl)C(=O)NC1CCS(=O)(=O)C1. The molecule has 1 fully saturated rings. The summed E-state index contributed by atoms with van der Waals surface area (Å²) in [5, 5.41) is 4.76. The Balaban J connectivity index is 1.93. The molecule has 0 aromatic carbocycles. The highest BCUT2D eigenvalue weighted by molar-refractivity contribution is 7.91. The first-order valence-corrected chi connectivity index (χ1v) is 8.00. The van der Waals surface area contributed by atoms with Crippen LogP contribution in [0, 0.1) is 0 Å². The van der Waals surface area contributed by atoms with E-state index in [9.17, 15) is 18.0 Å². The number of hydrogen-bond donors (Lipinski definition) is 2. The Morgan fingerprint density at radius 1 is 1.35 bits per heavy atom. The first-order valence-electron chi connectivity index (χ1n) is 5.80. The van der Waals surface area contributed by atoms with Crippen LogP contribution in [0.4, 0.5) is 5.69 Å². The van der Waals surface area contributed by atoms with Gasteiger partial charge < -0.3 is 10.6 Å². The summed E-state index contributed by atoms with van der Waals surface area (Å²) in [5.74, 6) is -1.93. The number of carbonyl (C=O) groups excluding carboxylic acids is 2. The Kier molecular flexibility index (Phi) is 4.24. The fraction of sp³-hybridized carbons (Fsp3) is 0.364. The molecule has 0 bridgehead atoms. The molecule has 0 radical (unpaired) electrons. The molecule has 20 heavy (non-hydrogen) atoms. The van der Waals surface area contributed by atoms with Crippen molar-refractivity contribution in [3.05, 3.63) is 23.5 Å². The molecule has 1 aliphatic rings. The Hall–Kier alpha value is -1.67. The standard InChI is InChI=1S/C11H12ClN3O4S/c12-9-8(2-1-4-13-9)15-11(17)10(16)14-7-3-5-20(18,19)6-7/h1-2,4,7H,3,5-6H2,(H,14,16)(H,15,17). The number of pyridine rings is 1. The van der Waals surface area contributed by atoms with Gasteiger partial charge in [-0.15, -0.1) is 0 Å². The number of nitrogens with zero attached hydrogens (tertiary/aromatic N) is 1. The van der Waals surface area contributed by atoms with Crippen LogP contribution in [0.5, 0.6) is 0 Å². The molecular weight excluding hydrogens is 306 g/mol. The Bertz CT molecular complexity index is 647. The van der Waals surface area contributed by atoms with Gasteiger partial charge in [0.25, 0.3) is 0 Å². The van der Waals surface area contributed by atoms with Crippen LogP contribution in [-0.4, -0.2) is 42.8 Å². The highest BCUT2D eigenvalue weighted by Gasteiger charge is 2.30. The minimum Gasteiger partial charge on any atom is -0.344 e. The van der Waals surface area contributed by atoms with E-state index in [0.29, 0.717) is 6.42 Å². The summed E-state index contributed by atoms with van der Waals surface area (Å²) < 4.78 is 22.5. The second-order valence-corrected chi connectivity index (χ2v) is 6.96. The van der Waals surface area contributed by atoms with E-state index in [1.54, 1.807) is 6.07 Å². The van der Waals surface area contributed by atoms with E-state index in [1.165, 1.54) is 12.3 Å². The van der Waals surface area contributed by atoms with Crippen LogP contribution in [0.3, 0.4) is 0 Å². The molecule has 7 nitrogen and oxygen atoms in total. The maximum atomic E-state index is 11.7. The summed E-state index contributed by atoms with van der Waals surface area (Å²) >= 11 is 5.74. The van der Waals surface area contributed by atoms with E-state index in [-0.39, 0.29) is 22.3 Å². The zero-order valence-electron chi connectivity index (χ0n) is 10.3. The minimum atomic E-state index is -3.11. The number of carbonyl (C=O) groups is 2. The molecule has 9 heteroatoms. The fourth-order valence-electron chi connectivity index (χ4n) is 1.82. The van der Waals surface area contributed by atoms with Crippen molar-refractivity contribution >= 4 is 38.9 Å². The second-order valence-electron chi connectivity index (χ2n) is 4.37. The average Bonchev–Trinajstić information content (AvgIpc) is 2.71. The quantitative estimate of drug-likeness (QED) is 0.589. The van der Waals surface area contributed by atoms with Gasteiger partial charge in [0, 0.05) is 12.2 Å². The average molecular weight is 318 g/mol. The Morgan fingerprint density at radius 3 is 2.70 bits per heavy atom. The molecule has 2 amide bonds. The van der Waals surface area contributed by atoms with Crippen molar-refractivity contribution in [2.75, 3.05) is 16.8 Å². The first kappa shape index (κ1) is 14.7. The van der Waals surface area contributed by atoms with E-state index in [2.05, 4.69) is 15.6 Å². The summed E-state index contributed by atoms with van der Waals surface area (Å²) in [5.41, 5.74) is 0.216. The van der Waals surface area contributed by atoms with Crippen molar-refractivity contribution in [2.24, 2.45) is 0 Å². The number of aromatic nitrogens is 1. The third kappa shape index (κ3) is 3.67. The van der Waals surface area contributed by atoms with Gasteiger partial charge in [-0.2, -0.15) is 0 Å². The molecule has 1 aromatic heterocycles. The zero-order valence-corrected chi connectivity index (χ0v) is 11.9. The lowest BCUT2D eigenvalue weighted by Crippen LogP contribution is -2.42. The van der Waals surface area contributed by atoms with E-state index >= 15 is 0 Å². The third-order valence-electron chi connectivity index (χ3n) is 2.78. The highest BCUT2D eigenvalue weighted by atomic mass is 35.5. The van der Waals surface area contributed by atoms with Crippen molar-refractivity contribution in [3.63, 3.8) is 0 Å². The summed E-state index contributed by atoms with van der Waals surface area (Å²) in [6, 6.07) is 2.53. The topological polar surface area (TPSA) is 105 Å². The first-order chi connectivity index (χ1) is 9.37. The van der Waals surface area contributed by atoms with Gasteiger partial charge in [0.15, 0.2) is 15.0 Å². The fourth-order valence-corrected chi connectivity index (χ4v) is 3.66. The minimum absolute atomic E-state index is 0.0218. The Morgan fingerprint density at radius 2 is 2.10 bits per heavy atom. The highest BCUT2D eigenvalue weighted by Crippen LogP contribution is 2.17. The van der Waals surface area contributed by atoms with Crippen molar-refractivity contribution in [1.82, 2.24) is 10.3 Å². The molecule has 1 aliphatic heterocycles. The molecule has 108 valence electrons. The molecule has 1 unspecified atom stereocenters. The van der Waals surface area contributed by atoms with Crippen molar-refractivity contribution in [3.8, 4) is 0 Å².